The van der Waals surface area contributed by atoms with Crippen LogP contribution in [0.1, 0.15) is 24.2 Å². The van der Waals surface area contributed by atoms with Crippen molar-refractivity contribution in [1.82, 2.24) is 9.55 Å². The summed E-state index contributed by atoms with van der Waals surface area (Å²) in [6.45, 7) is 3.65. The van der Waals surface area contributed by atoms with Gasteiger partial charge in [0, 0.05) is 18.1 Å². The predicted octanol–water partition coefficient (Wildman–Crippen LogP) is 2.37. The largest absolute Gasteiger partial charge is 0.481 e. The number of carboxylic acid groups (broad SMARTS) is 1. The van der Waals surface area contributed by atoms with Gasteiger partial charge in [0.15, 0.2) is 0 Å². The van der Waals surface area contributed by atoms with Gasteiger partial charge in [-0.15, -0.1) is 0 Å². The molecule has 0 saturated heterocycles. The number of imidazole rings is 1. The Morgan fingerprint density at radius 2 is 2.00 bits per heavy atom. The minimum absolute atomic E-state index is 0.543. The van der Waals surface area contributed by atoms with E-state index in [1.54, 1.807) is 23.9 Å². The molecule has 0 spiro atoms. The van der Waals surface area contributed by atoms with E-state index in [1.807, 2.05) is 31.2 Å². The van der Waals surface area contributed by atoms with Crippen molar-refractivity contribution in [3.05, 3.63) is 48.0 Å². The standard InChI is InChI=1S/C13H14N2O2/c1-9-3-5-11(6-4-9)15-8-7-14-12(15)10(2)13(16)17/h3-8,10H,1-2H3,(H,16,17). The summed E-state index contributed by atoms with van der Waals surface area (Å²) in [7, 11) is 0. The van der Waals surface area contributed by atoms with E-state index in [0.717, 1.165) is 5.69 Å². The van der Waals surface area contributed by atoms with Crippen LogP contribution in [0.2, 0.25) is 0 Å². The fourth-order valence-electron chi connectivity index (χ4n) is 1.67. The van der Waals surface area contributed by atoms with Crippen molar-refractivity contribution in [3.8, 4) is 5.69 Å². The summed E-state index contributed by atoms with van der Waals surface area (Å²) in [5.74, 6) is -0.947. The molecule has 0 bridgehead atoms. The second-order valence-corrected chi connectivity index (χ2v) is 4.05. The van der Waals surface area contributed by atoms with Crippen molar-refractivity contribution >= 4 is 5.97 Å². The molecule has 0 aliphatic carbocycles. The van der Waals surface area contributed by atoms with Gasteiger partial charge in [-0.3, -0.25) is 4.79 Å². The van der Waals surface area contributed by atoms with Crippen molar-refractivity contribution in [2.75, 3.05) is 0 Å². The number of benzene rings is 1. The molecule has 1 N–H and O–H groups in total. The Morgan fingerprint density at radius 3 is 2.59 bits per heavy atom. The molecule has 4 heteroatoms. The third-order valence-electron chi connectivity index (χ3n) is 2.74. The Balaban J connectivity index is 2.43. The second-order valence-electron chi connectivity index (χ2n) is 4.05. The summed E-state index contributed by atoms with van der Waals surface area (Å²) in [5.41, 5.74) is 2.10. The lowest BCUT2D eigenvalue weighted by Gasteiger charge is -2.10. The highest BCUT2D eigenvalue weighted by Gasteiger charge is 2.19. The molecule has 1 aromatic heterocycles. The number of carboxylic acids is 1. The third kappa shape index (κ3) is 2.20. The lowest BCUT2D eigenvalue weighted by Crippen LogP contribution is -2.13. The Hall–Kier alpha value is -2.10. The molecule has 0 amide bonds. The maximum atomic E-state index is 11.0. The Labute approximate surface area is 99.5 Å². The topological polar surface area (TPSA) is 55.1 Å². The van der Waals surface area contributed by atoms with E-state index in [4.69, 9.17) is 5.11 Å². The van der Waals surface area contributed by atoms with Gasteiger partial charge >= 0.3 is 5.97 Å². The molecular weight excluding hydrogens is 216 g/mol. The van der Waals surface area contributed by atoms with Crippen LogP contribution in [0.5, 0.6) is 0 Å². The lowest BCUT2D eigenvalue weighted by atomic mass is 10.1. The van der Waals surface area contributed by atoms with Gasteiger partial charge in [0.2, 0.25) is 0 Å². The van der Waals surface area contributed by atoms with E-state index in [9.17, 15) is 4.79 Å². The van der Waals surface area contributed by atoms with Gasteiger partial charge in [-0.1, -0.05) is 17.7 Å². The van der Waals surface area contributed by atoms with Crippen LogP contribution in [-0.4, -0.2) is 20.6 Å². The van der Waals surface area contributed by atoms with E-state index in [2.05, 4.69) is 4.98 Å². The molecule has 1 atom stereocenters. The number of hydrogen-bond donors (Lipinski definition) is 1. The number of aryl methyl sites for hydroxylation is 1. The maximum absolute atomic E-state index is 11.0. The van der Waals surface area contributed by atoms with E-state index < -0.39 is 11.9 Å². The summed E-state index contributed by atoms with van der Waals surface area (Å²) in [6.07, 6.45) is 3.40. The van der Waals surface area contributed by atoms with Crippen molar-refractivity contribution in [3.63, 3.8) is 0 Å². The minimum Gasteiger partial charge on any atom is -0.481 e. The maximum Gasteiger partial charge on any atom is 0.313 e. The van der Waals surface area contributed by atoms with Crippen LogP contribution < -0.4 is 0 Å². The van der Waals surface area contributed by atoms with Crippen LogP contribution in [0.15, 0.2) is 36.7 Å². The van der Waals surface area contributed by atoms with Gasteiger partial charge in [-0.05, 0) is 26.0 Å². The first kappa shape index (κ1) is 11.4. The molecule has 2 aromatic rings. The zero-order valence-electron chi connectivity index (χ0n) is 9.79. The molecule has 1 unspecified atom stereocenters. The summed E-state index contributed by atoms with van der Waals surface area (Å²) >= 11 is 0. The Morgan fingerprint density at radius 1 is 1.35 bits per heavy atom. The van der Waals surface area contributed by atoms with E-state index in [0.29, 0.717) is 5.82 Å². The van der Waals surface area contributed by atoms with E-state index in [-0.39, 0.29) is 0 Å². The van der Waals surface area contributed by atoms with Crippen LogP contribution >= 0.6 is 0 Å². The first-order valence-corrected chi connectivity index (χ1v) is 5.42. The molecule has 4 nitrogen and oxygen atoms in total. The average molecular weight is 230 g/mol. The summed E-state index contributed by atoms with van der Waals surface area (Å²) in [4.78, 5) is 15.1. The molecule has 0 aliphatic heterocycles. The molecule has 0 aliphatic rings. The van der Waals surface area contributed by atoms with Crippen molar-refractivity contribution in [1.29, 1.82) is 0 Å². The number of rotatable bonds is 3. The number of carbonyl (C=O) groups is 1. The monoisotopic (exact) mass is 230 g/mol. The molecule has 88 valence electrons. The lowest BCUT2D eigenvalue weighted by molar-refractivity contribution is -0.138. The smallest absolute Gasteiger partial charge is 0.313 e. The van der Waals surface area contributed by atoms with Crippen molar-refractivity contribution in [2.45, 2.75) is 19.8 Å². The molecular formula is C13H14N2O2. The number of hydrogen-bond acceptors (Lipinski definition) is 2. The summed E-state index contributed by atoms with van der Waals surface area (Å²) in [5, 5.41) is 9.02. The molecule has 0 saturated carbocycles. The first-order chi connectivity index (χ1) is 8.09. The summed E-state index contributed by atoms with van der Waals surface area (Å²) in [6, 6.07) is 7.89. The molecule has 2 rings (SSSR count). The highest BCUT2D eigenvalue weighted by Crippen LogP contribution is 2.18. The van der Waals surface area contributed by atoms with Gasteiger partial charge in [-0.25, -0.2) is 4.98 Å². The first-order valence-electron chi connectivity index (χ1n) is 5.42. The molecule has 0 fully saturated rings. The fraction of sp³-hybridized carbons (Fsp3) is 0.231. The molecule has 1 aromatic carbocycles. The van der Waals surface area contributed by atoms with E-state index >= 15 is 0 Å². The minimum atomic E-state index is -0.871. The Kier molecular flexibility index (Phi) is 2.95. The van der Waals surface area contributed by atoms with E-state index in [1.165, 1.54) is 5.56 Å². The zero-order valence-corrected chi connectivity index (χ0v) is 9.79. The van der Waals surface area contributed by atoms with Crippen LogP contribution in [0.3, 0.4) is 0 Å². The fourth-order valence-corrected chi connectivity index (χ4v) is 1.67. The van der Waals surface area contributed by atoms with Crippen LogP contribution in [-0.2, 0) is 4.79 Å². The van der Waals surface area contributed by atoms with Gasteiger partial charge in [-0.2, -0.15) is 0 Å². The normalized spacial score (nSPS) is 12.4. The SMILES string of the molecule is Cc1ccc(-n2ccnc2C(C)C(=O)O)cc1. The number of aromatic nitrogens is 2. The molecule has 0 radical (unpaired) electrons. The molecule has 17 heavy (non-hydrogen) atoms. The second kappa shape index (κ2) is 4.41. The quantitative estimate of drug-likeness (QED) is 0.880. The van der Waals surface area contributed by atoms with Crippen molar-refractivity contribution in [2.24, 2.45) is 0 Å². The average Bonchev–Trinajstić information content (AvgIpc) is 2.77. The van der Waals surface area contributed by atoms with Crippen molar-refractivity contribution < 1.29 is 9.90 Å². The number of nitrogens with zero attached hydrogens (tertiary/aromatic N) is 2. The van der Waals surface area contributed by atoms with Gasteiger partial charge in [0.25, 0.3) is 0 Å². The number of aliphatic carboxylic acids is 1. The third-order valence-corrected chi connectivity index (χ3v) is 2.74. The van der Waals surface area contributed by atoms with Crippen LogP contribution in [0.4, 0.5) is 0 Å². The Bertz CT molecular complexity index is 529. The molecule has 1 heterocycles. The van der Waals surface area contributed by atoms with Gasteiger partial charge < -0.3 is 9.67 Å². The van der Waals surface area contributed by atoms with Gasteiger partial charge in [0.05, 0.1) is 0 Å². The van der Waals surface area contributed by atoms with Crippen LogP contribution in [0.25, 0.3) is 5.69 Å². The zero-order chi connectivity index (χ0) is 12.4. The highest BCUT2D eigenvalue weighted by atomic mass is 16.4. The predicted molar refractivity (Wildman–Crippen MR) is 64.4 cm³/mol. The highest BCUT2D eigenvalue weighted by molar-refractivity contribution is 5.74. The van der Waals surface area contributed by atoms with Gasteiger partial charge in [0.1, 0.15) is 11.7 Å². The van der Waals surface area contributed by atoms with Crippen LogP contribution in [0, 0.1) is 6.92 Å². The summed E-state index contributed by atoms with van der Waals surface area (Å²) < 4.78 is 1.80.